The zero-order chi connectivity index (χ0) is 15.5. The van der Waals surface area contributed by atoms with E-state index in [0.717, 1.165) is 35.6 Å². The molecule has 6 nitrogen and oxygen atoms in total. The van der Waals surface area contributed by atoms with Crippen LogP contribution in [0.25, 0.3) is 11.0 Å². The van der Waals surface area contributed by atoms with Crippen LogP contribution in [0.2, 0.25) is 0 Å². The SMILES string of the molecule is Cc1cc(C)c2c(NC[C@H](O)CN3CCCC3)ncnc2n1. The number of nitrogens with zero attached hydrogens (tertiary/aromatic N) is 4. The molecule has 3 rings (SSSR count). The lowest BCUT2D eigenvalue weighted by Gasteiger charge is -2.20. The van der Waals surface area contributed by atoms with Crippen LogP contribution in [0.5, 0.6) is 0 Å². The van der Waals surface area contributed by atoms with Gasteiger partial charge in [-0.2, -0.15) is 0 Å². The summed E-state index contributed by atoms with van der Waals surface area (Å²) in [5.74, 6) is 0.746. The number of likely N-dealkylation sites (tertiary alicyclic amines) is 1. The minimum Gasteiger partial charge on any atom is -0.390 e. The van der Waals surface area contributed by atoms with Gasteiger partial charge in [-0.15, -0.1) is 0 Å². The van der Waals surface area contributed by atoms with E-state index >= 15 is 0 Å². The third-order valence-corrected chi connectivity index (χ3v) is 4.10. The second kappa shape index (κ2) is 6.54. The van der Waals surface area contributed by atoms with Crippen LogP contribution in [0.15, 0.2) is 12.4 Å². The summed E-state index contributed by atoms with van der Waals surface area (Å²) in [5, 5.41) is 14.4. The Hall–Kier alpha value is -1.79. The van der Waals surface area contributed by atoms with Gasteiger partial charge >= 0.3 is 0 Å². The van der Waals surface area contributed by atoms with E-state index in [1.54, 1.807) is 0 Å². The van der Waals surface area contributed by atoms with Gasteiger partial charge in [-0.25, -0.2) is 15.0 Å². The number of fused-ring (bicyclic) bond motifs is 1. The molecule has 2 aromatic rings. The van der Waals surface area contributed by atoms with Crippen LogP contribution in [0.4, 0.5) is 5.82 Å². The van der Waals surface area contributed by atoms with Crippen molar-refractivity contribution in [3.05, 3.63) is 23.7 Å². The Morgan fingerprint density at radius 2 is 2.05 bits per heavy atom. The highest BCUT2D eigenvalue weighted by Gasteiger charge is 2.16. The Labute approximate surface area is 130 Å². The van der Waals surface area contributed by atoms with E-state index in [0.29, 0.717) is 18.7 Å². The largest absolute Gasteiger partial charge is 0.390 e. The highest BCUT2D eigenvalue weighted by Crippen LogP contribution is 2.22. The van der Waals surface area contributed by atoms with Crippen LogP contribution in [0.3, 0.4) is 0 Å². The number of aliphatic hydroxyl groups excluding tert-OH is 1. The number of nitrogens with one attached hydrogen (secondary N) is 1. The van der Waals surface area contributed by atoms with E-state index in [9.17, 15) is 5.11 Å². The summed E-state index contributed by atoms with van der Waals surface area (Å²) >= 11 is 0. The Balaban J connectivity index is 1.71. The normalized spacial score (nSPS) is 17.0. The number of pyridine rings is 1. The molecule has 1 aliphatic heterocycles. The lowest BCUT2D eigenvalue weighted by atomic mass is 10.1. The van der Waals surface area contributed by atoms with Crippen molar-refractivity contribution in [1.82, 2.24) is 19.9 Å². The van der Waals surface area contributed by atoms with Crippen molar-refractivity contribution >= 4 is 16.9 Å². The maximum atomic E-state index is 10.2. The first-order chi connectivity index (χ1) is 10.6. The monoisotopic (exact) mass is 301 g/mol. The average molecular weight is 301 g/mol. The number of anilines is 1. The molecule has 1 aliphatic rings. The molecule has 2 N–H and O–H groups in total. The first kappa shape index (κ1) is 15.1. The number of hydrogen-bond acceptors (Lipinski definition) is 6. The van der Waals surface area contributed by atoms with Gasteiger partial charge in [-0.3, -0.25) is 0 Å². The third-order valence-electron chi connectivity index (χ3n) is 4.10. The molecule has 0 aromatic carbocycles. The van der Waals surface area contributed by atoms with Gasteiger partial charge in [0.15, 0.2) is 5.65 Å². The predicted molar refractivity (Wildman–Crippen MR) is 87.0 cm³/mol. The molecule has 1 saturated heterocycles. The van der Waals surface area contributed by atoms with Gasteiger partial charge in [0.2, 0.25) is 0 Å². The molecule has 0 amide bonds. The van der Waals surface area contributed by atoms with Crippen molar-refractivity contribution in [2.75, 3.05) is 31.5 Å². The molecule has 0 radical (unpaired) electrons. The van der Waals surface area contributed by atoms with E-state index in [4.69, 9.17) is 0 Å². The topological polar surface area (TPSA) is 74.2 Å². The minimum atomic E-state index is -0.401. The molecule has 0 bridgehead atoms. The molecule has 0 saturated carbocycles. The molecule has 0 unspecified atom stereocenters. The van der Waals surface area contributed by atoms with E-state index in [1.165, 1.54) is 19.2 Å². The minimum absolute atomic E-state index is 0.401. The number of hydrogen-bond donors (Lipinski definition) is 2. The average Bonchev–Trinajstić information content (AvgIpc) is 2.97. The van der Waals surface area contributed by atoms with E-state index in [2.05, 4.69) is 25.2 Å². The Kier molecular flexibility index (Phi) is 4.49. The van der Waals surface area contributed by atoms with E-state index in [-0.39, 0.29) is 0 Å². The number of aliphatic hydroxyl groups is 1. The van der Waals surface area contributed by atoms with E-state index < -0.39 is 6.10 Å². The molecule has 0 spiro atoms. The summed E-state index contributed by atoms with van der Waals surface area (Å²) in [6.07, 6.45) is 3.59. The molecule has 0 aliphatic carbocycles. The Morgan fingerprint density at radius 1 is 1.27 bits per heavy atom. The Bertz CT molecular complexity index is 654. The first-order valence-electron chi connectivity index (χ1n) is 7.87. The second-order valence-electron chi connectivity index (χ2n) is 6.04. The highest BCUT2D eigenvalue weighted by atomic mass is 16.3. The van der Waals surface area contributed by atoms with E-state index in [1.807, 2.05) is 19.9 Å². The van der Waals surface area contributed by atoms with Crippen LogP contribution >= 0.6 is 0 Å². The van der Waals surface area contributed by atoms with Crippen LogP contribution in [0.1, 0.15) is 24.1 Å². The fraction of sp³-hybridized carbons (Fsp3) is 0.562. The number of aryl methyl sites for hydroxylation is 2. The van der Waals surface area contributed by atoms with Gasteiger partial charge in [0.25, 0.3) is 0 Å². The molecule has 22 heavy (non-hydrogen) atoms. The maximum absolute atomic E-state index is 10.2. The van der Waals surface area contributed by atoms with Gasteiger partial charge in [-0.05, 0) is 51.4 Å². The zero-order valence-electron chi connectivity index (χ0n) is 13.2. The highest BCUT2D eigenvalue weighted by molar-refractivity contribution is 5.89. The molecular formula is C16H23N5O. The molecular weight excluding hydrogens is 278 g/mol. The van der Waals surface area contributed by atoms with Crippen LogP contribution in [-0.4, -0.2) is 57.2 Å². The van der Waals surface area contributed by atoms with Gasteiger partial charge in [0, 0.05) is 18.8 Å². The van der Waals surface area contributed by atoms with Crippen LogP contribution in [0, 0.1) is 13.8 Å². The summed E-state index contributed by atoms with van der Waals surface area (Å²) < 4.78 is 0. The fourth-order valence-corrected chi connectivity index (χ4v) is 3.09. The van der Waals surface area contributed by atoms with Crippen molar-refractivity contribution in [2.24, 2.45) is 0 Å². The van der Waals surface area contributed by atoms with Crippen molar-refractivity contribution in [3.63, 3.8) is 0 Å². The number of β-amino-alcohol motifs (C(OH)–C–C–N with tert-alkyl or cyclic N) is 1. The van der Waals surface area contributed by atoms with Gasteiger partial charge in [-0.1, -0.05) is 0 Å². The van der Waals surface area contributed by atoms with Crippen molar-refractivity contribution < 1.29 is 5.11 Å². The number of aromatic nitrogens is 3. The summed E-state index contributed by atoms with van der Waals surface area (Å²) in [5.41, 5.74) is 2.74. The van der Waals surface area contributed by atoms with Crippen molar-refractivity contribution in [3.8, 4) is 0 Å². The predicted octanol–water partition coefficient (Wildman–Crippen LogP) is 1.51. The molecule has 118 valence electrons. The maximum Gasteiger partial charge on any atom is 0.165 e. The molecule has 1 fully saturated rings. The first-order valence-corrected chi connectivity index (χ1v) is 7.87. The van der Waals surface area contributed by atoms with Gasteiger partial charge in [0.05, 0.1) is 11.5 Å². The van der Waals surface area contributed by atoms with Gasteiger partial charge in [0.1, 0.15) is 12.1 Å². The molecule has 1 atom stereocenters. The summed E-state index contributed by atoms with van der Waals surface area (Å²) in [6, 6.07) is 2.03. The van der Waals surface area contributed by atoms with Crippen molar-refractivity contribution in [2.45, 2.75) is 32.8 Å². The third kappa shape index (κ3) is 3.34. The second-order valence-corrected chi connectivity index (χ2v) is 6.04. The summed E-state index contributed by atoms with van der Waals surface area (Å²) in [6.45, 7) is 7.38. The number of rotatable bonds is 5. The van der Waals surface area contributed by atoms with Crippen molar-refractivity contribution in [1.29, 1.82) is 0 Å². The zero-order valence-corrected chi connectivity index (χ0v) is 13.2. The molecule has 6 heteroatoms. The molecule has 2 aromatic heterocycles. The lowest BCUT2D eigenvalue weighted by molar-refractivity contribution is 0.135. The summed E-state index contributed by atoms with van der Waals surface area (Å²) in [4.78, 5) is 15.3. The van der Waals surface area contributed by atoms with Gasteiger partial charge < -0.3 is 15.3 Å². The summed E-state index contributed by atoms with van der Waals surface area (Å²) in [7, 11) is 0. The van der Waals surface area contributed by atoms with Crippen LogP contribution < -0.4 is 5.32 Å². The standard InChI is InChI=1S/C16H23N5O/c1-11-7-12(2)20-16-14(11)15(18-10-19-16)17-8-13(22)9-21-5-3-4-6-21/h7,10,13,22H,3-6,8-9H2,1-2H3,(H,17,18,19,20)/t13-/m0/s1. The Morgan fingerprint density at radius 3 is 2.82 bits per heavy atom. The smallest absolute Gasteiger partial charge is 0.165 e. The van der Waals surface area contributed by atoms with Crippen LogP contribution in [-0.2, 0) is 0 Å². The molecule has 3 heterocycles. The lowest BCUT2D eigenvalue weighted by Crippen LogP contribution is -2.34. The quantitative estimate of drug-likeness (QED) is 0.872. The fourth-order valence-electron chi connectivity index (χ4n) is 3.09.